The Morgan fingerprint density at radius 3 is 2.39 bits per heavy atom. The summed E-state index contributed by atoms with van der Waals surface area (Å²) in [5.74, 6) is -1.45. The van der Waals surface area contributed by atoms with E-state index in [0.717, 1.165) is 5.56 Å². The zero-order valence-electron chi connectivity index (χ0n) is 25.2. The zero-order chi connectivity index (χ0) is 33.5. The van der Waals surface area contributed by atoms with Gasteiger partial charge in [-0.3, -0.25) is 33.9 Å². The van der Waals surface area contributed by atoms with Gasteiger partial charge in [0.25, 0.3) is 5.91 Å². The summed E-state index contributed by atoms with van der Waals surface area (Å²) in [5.41, 5.74) is -1.27. The minimum atomic E-state index is -5.03. The maximum Gasteiger partial charge on any atom is 0.480 e. The Morgan fingerprint density at radius 2 is 1.80 bits per heavy atom. The molecule has 2 aromatic rings. The van der Waals surface area contributed by atoms with E-state index in [4.69, 9.17) is 28.7 Å². The molecule has 0 bridgehead atoms. The van der Waals surface area contributed by atoms with Gasteiger partial charge in [-0.05, 0) is 18.4 Å². The molecule has 6 N–H and O–H groups in total. The molecule has 3 amide bonds. The largest absolute Gasteiger partial charge is 0.480 e. The van der Waals surface area contributed by atoms with Crippen LogP contribution in [0.15, 0.2) is 48.9 Å². The highest BCUT2D eigenvalue weighted by Gasteiger charge is 2.36. The third-order valence-electron chi connectivity index (χ3n) is 6.85. The second-order valence-corrected chi connectivity index (χ2v) is 13.7. The summed E-state index contributed by atoms with van der Waals surface area (Å²) in [6.07, 6.45) is 4.04. The Bertz CT molecular complexity index is 1330. The number of hydrogen-bond donors (Lipinski definition) is 6. The van der Waals surface area contributed by atoms with Crippen LogP contribution in [0.5, 0.6) is 0 Å². The first kappa shape index (κ1) is 37.3. The number of rotatable bonds is 15. The molecular weight excluding hydrogens is 645 g/mol. The Balaban J connectivity index is 1.48. The average molecular weight is 684 g/mol. The highest BCUT2D eigenvalue weighted by Crippen LogP contribution is 2.49. The van der Waals surface area contributed by atoms with Crippen molar-refractivity contribution < 1.29 is 52.2 Å². The Labute approximate surface area is 267 Å². The van der Waals surface area contributed by atoms with Crippen molar-refractivity contribution in [2.75, 3.05) is 39.5 Å². The Morgan fingerprint density at radius 1 is 1.11 bits per heavy atom. The normalized spacial score (nSPS) is 17.0. The van der Waals surface area contributed by atoms with Gasteiger partial charge in [0, 0.05) is 51.7 Å². The van der Waals surface area contributed by atoms with Crippen LogP contribution in [-0.4, -0.2) is 112 Å². The first-order valence-electron chi connectivity index (χ1n) is 14.6. The minimum Gasteiger partial charge on any atom is -0.449 e. The van der Waals surface area contributed by atoms with Crippen LogP contribution in [0, 0.1) is 0 Å². The molecule has 0 spiro atoms. The number of hydrogen-bond acceptors (Lipinski definition) is 11. The van der Waals surface area contributed by atoms with Crippen molar-refractivity contribution in [3.8, 4) is 0 Å². The smallest absolute Gasteiger partial charge is 0.449 e. The summed E-state index contributed by atoms with van der Waals surface area (Å²) in [6.45, 7) is 3.80. The molecule has 1 aliphatic heterocycles. The molecule has 2 unspecified atom stereocenters. The molecule has 0 aliphatic carbocycles. The number of nitrogens with one attached hydrogen (secondary N) is 3. The first-order chi connectivity index (χ1) is 22.0. The van der Waals surface area contributed by atoms with Crippen molar-refractivity contribution >= 4 is 40.6 Å². The maximum atomic E-state index is 13.5. The number of amides is 3. The fourth-order valence-corrected chi connectivity index (χ4v) is 6.13. The van der Waals surface area contributed by atoms with E-state index in [2.05, 4.69) is 20.6 Å². The van der Waals surface area contributed by atoms with E-state index in [1.165, 1.54) is 18.6 Å². The van der Waals surface area contributed by atoms with Crippen LogP contribution < -0.4 is 16.0 Å². The van der Waals surface area contributed by atoms with Gasteiger partial charge >= 0.3 is 20.8 Å². The number of ether oxygens (including phenoxy) is 1. The summed E-state index contributed by atoms with van der Waals surface area (Å²) in [7, 11) is -9.50. The molecule has 20 heteroatoms. The summed E-state index contributed by atoms with van der Waals surface area (Å²) < 4.78 is 39.2. The van der Waals surface area contributed by atoms with Crippen molar-refractivity contribution in [2.24, 2.45) is 0 Å². The lowest BCUT2D eigenvalue weighted by molar-refractivity contribution is -0.123. The molecule has 0 saturated carbocycles. The van der Waals surface area contributed by atoms with Crippen LogP contribution in [0.1, 0.15) is 35.8 Å². The fourth-order valence-electron chi connectivity index (χ4n) is 4.46. The highest BCUT2D eigenvalue weighted by molar-refractivity contribution is 7.65. The molecule has 1 aliphatic rings. The predicted molar refractivity (Wildman–Crippen MR) is 166 cm³/mol. The van der Waals surface area contributed by atoms with Crippen LogP contribution in [0.3, 0.4) is 0 Å². The van der Waals surface area contributed by atoms with Crippen molar-refractivity contribution in [1.29, 1.82) is 0 Å². The van der Waals surface area contributed by atoms with Gasteiger partial charge in [0.2, 0.25) is 19.5 Å². The second kappa shape index (κ2) is 18.8. The van der Waals surface area contributed by atoms with Gasteiger partial charge in [0.05, 0.1) is 18.7 Å². The molecule has 1 saturated heterocycles. The van der Waals surface area contributed by atoms with E-state index < -0.39 is 58.2 Å². The van der Waals surface area contributed by atoms with Gasteiger partial charge in [-0.25, -0.2) is 9.78 Å². The second-order valence-electron chi connectivity index (χ2n) is 10.2. The highest BCUT2D eigenvalue weighted by atomic mass is 31.2. The standard InChI is InChI=1S/C26H39BN6O11P2/c1-2-22(31-23(34)20(17-19-7-4-3-5-8-19)30-24(35)21-18-28-9-10-29-21)27-43-15-12-33(13-16-44-27)11-6-14-42-25(36)32-26(45(37)38)46(39,40)41/h3-5,7-10,18,20,22,26,45H,2,6,11-17H2,1H3,(H,30,35)(H,31,34)(H,32,36)(H,37,38)(H2,39,40,41)/t20-,22+,26?/m1/s1. The SMILES string of the molecule is CC[C@H](NC(=O)[C@@H](Cc1ccccc1)NC(=O)c1cnccn1)B1OCCN(CCCOC(=O)NC([PH](=O)O)P(=O)(O)O)CCO1. The summed E-state index contributed by atoms with van der Waals surface area (Å²) >= 11 is 0. The van der Waals surface area contributed by atoms with Crippen molar-refractivity contribution in [2.45, 2.75) is 43.7 Å². The summed E-state index contributed by atoms with van der Waals surface area (Å²) in [6, 6.07) is 8.38. The van der Waals surface area contributed by atoms with E-state index in [1.807, 2.05) is 42.2 Å². The number of carbonyl (C=O) groups is 3. The number of carbonyl (C=O) groups excluding carboxylic acids is 3. The number of aromatic nitrogens is 2. The molecule has 17 nitrogen and oxygen atoms in total. The van der Waals surface area contributed by atoms with Gasteiger partial charge < -0.3 is 39.4 Å². The lowest BCUT2D eigenvalue weighted by Crippen LogP contribution is -2.56. The van der Waals surface area contributed by atoms with E-state index in [-0.39, 0.29) is 31.9 Å². The zero-order valence-corrected chi connectivity index (χ0v) is 27.1. The maximum absolute atomic E-state index is 13.5. The van der Waals surface area contributed by atoms with E-state index in [1.54, 1.807) is 5.32 Å². The molecule has 1 fully saturated rings. The molecule has 2 heterocycles. The number of benzene rings is 1. The van der Waals surface area contributed by atoms with E-state index in [0.29, 0.717) is 32.5 Å². The number of alkyl carbamates (subject to hydrolysis) is 1. The van der Waals surface area contributed by atoms with E-state index in [9.17, 15) is 23.5 Å². The van der Waals surface area contributed by atoms with Crippen LogP contribution >= 0.6 is 15.6 Å². The van der Waals surface area contributed by atoms with E-state index >= 15 is 0 Å². The first-order valence-corrected chi connectivity index (χ1v) is 17.7. The minimum absolute atomic E-state index is 0.0835. The van der Waals surface area contributed by atoms with Crippen LogP contribution in [0.4, 0.5) is 4.79 Å². The van der Waals surface area contributed by atoms with Gasteiger partial charge in [0.15, 0.2) is 0 Å². The monoisotopic (exact) mass is 684 g/mol. The van der Waals surface area contributed by atoms with Crippen molar-refractivity contribution in [1.82, 2.24) is 30.8 Å². The van der Waals surface area contributed by atoms with Gasteiger partial charge in [-0.1, -0.05) is 37.3 Å². The molecule has 1 aromatic heterocycles. The molecule has 252 valence electrons. The molecule has 1 aromatic carbocycles. The third-order valence-corrected chi connectivity index (χ3v) is 9.94. The Kier molecular flexibility index (Phi) is 15.2. The van der Waals surface area contributed by atoms with Crippen LogP contribution in [0.25, 0.3) is 0 Å². The van der Waals surface area contributed by atoms with Gasteiger partial charge in [-0.15, -0.1) is 0 Å². The average Bonchev–Trinajstić information content (AvgIpc) is 3.01. The quantitative estimate of drug-likeness (QED) is 0.0831. The Hall–Kier alpha value is -3.21. The lowest BCUT2D eigenvalue weighted by Gasteiger charge is -2.31. The van der Waals surface area contributed by atoms with Gasteiger partial charge in [-0.2, -0.15) is 0 Å². The van der Waals surface area contributed by atoms with Crippen LogP contribution in [-0.2, 0) is 34.4 Å². The fraction of sp³-hybridized carbons (Fsp3) is 0.500. The molecule has 46 heavy (non-hydrogen) atoms. The predicted octanol–water partition coefficient (Wildman–Crippen LogP) is 0.133. The molecule has 0 radical (unpaired) electrons. The van der Waals surface area contributed by atoms with Gasteiger partial charge in [0.1, 0.15) is 11.7 Å². The lowest BCUT2D eigenvalue weighted by atomic mass is 9.76. The number of nitrogens with zero attached hydrogens (tertiary/aromatic N) is 3. The topological polar surface area (TPSA) is 239 Å². The molecule has 4 atom stereocenters. The molecular formula is C26H39BN6O11P2. The van der Waals surface area contributed by atoms with Crippen molar-refractivity contribution in [3.05, 3.63) is 60.2 Å². The molecule has 3 rings (SSSR count). The van der Waals surface area contributed by atoms with Crippen molar-refractivity contribution in [3.63, 3.8) is 0 Å². The third kappa shape index (κ3) is 12.5. The van der Waals surface area contributed by atoms with Crippen LogP contribution in [0.2, 0.25) is 0 Å². The summed E-state index contributed by atoms with van der Waals surface area (Å²) in [5, 5.41) is 7.46. The summed E-state index contributed by atoms with van der Waals surface area (Å²) in [4.78, 5) is 75.3.